The quantitative estimate of drug-likeness (QED) is 0.641. The van der Waals surface area contributed by atoms with Crippen LogP contribution < -0.4 is 11.3 Å². The molecule has 1 saturated carbocycles. The summed E-state index contributed by atoms with van der Waals surface area (Å²) in [6, 6.07) is 3.80. The van der Waals surface area contributed by atoms with Gasteiger partial charge in [-0.15, -0.1) is 0 Å². The molecule has 3 rings (SSSR count). The molecule has 0 radical (unpaired) electrons. The predicted octanol–water partition coefficient (Wildman–Crippen LogP) is 2.68. The van der Waals surface area contributed by atoms with Gasteiger partial charge in [-0.25, -0.2) is 15.8 Å². The highest BCUT2D eigenvalue weighted by molar-refractivity contribution is 5.56. The SMILES string of the molecule is NNc1cc(C2CCCC2)nc(-c2ccoc2)n1. The summed E-state index contributed by atoms with van der Waals surface area (Å²) < 4.78 is 5.08. The highest BCUT2D eigenvalue weighted by atomic mass is 16.3. The number of furan rings is 1. The lowest BCUT2D eigenvalue weighted by Crippen LogP contribution is -2.11. The number of nitrogens with two attached hydrogens (primary N) is 1. The van der Waals surface area contributed by atoms with Gasteiger partial charge in [-0.05, 0) is 18.9 Å². The maximum absolute atomic E-state index is 5.48. The van der Waals surface area contributed by atoms with Crippen LogP contribution in [-0.4, -0.2) is 9.97 Å². The lowest BCUT2D eigenvalue weighted by Gasteiger charge is -2.11. The molecule has 18 heavy (non-hydrogen) atoms. The Morgan fingerprint density at radius 1 is 1.28 bits per heavy atom. The monoisotopic (exact) mass is 244 g/mol. The molecule has 2 aromatic rings. The molecule has 0 aliphatic heterocycles. The van der Waals surface area contributed by atoms with Gasteiger partial charge >= 0.3 is 0 Å². The van der Waals surface area contributed by atoms with Crippen LogP contribution in [0.25, 0.3) is 11.4 Å². The van der Waals surface area contributed by atoms with E-state index in [4.69, 9.17) is 10.3 Å². The number of anilines is 1. The van der Waals surface area contributed by atoms with Crippen LogP contribution >= 0.6 is 0 Å². The number of hydrazine groups is 1. The van der Waals surface area contributed by atoms with Crippen molar-refractivity contribution in [3.05, 3.63) is 30.4 Å². The molecule has 1 aliphatic carbocycles. The van der Waals surface area contributed by atoms with Gasteiger partial charge in [-0.2, -0.15) is 0 Å². The van der Waals surface area contributed by atoms with Crippen molar-refractivity contribution in [3.8, 4) is 11.4 Å². The Bertz CT molecular complexity index is 518. The Hall–Kier alpha value is -1.88. The van der Waals surface area contributed by atoms with Crippen LogP contribution in [0.1, 0.15) is 37.3 Å². The standard InChI is InChI=1S/C13H16N4O/c14-17-12-7-11(9-3-1-2-4-9)15-13(16-12)10-5-6-18-8-10/h5-9H,1-4,14H2,(H,15,16,17). The minimum Gasteiger partial charge on any atom is -0.472 e. The molecule has 0 amide bonds. The van der Waals surface area contributed by atoms with Gasteiger partial charge in [0.25, 0.3) is 0 Å². The van der Waals surface area contributed by atoms with E-state index in [1.165, 1.54) is 25.7 Å². The Balaban J connectivity index is 2.01. The zero-order valence-corrected chi connectivity index (χ0v) is 10.1. The zero-order chi connectivity index (χ0) is 12.4. The smallest absolute Gasteiger partial charge is 0.165 e. The van der Waals surface area contributed by atoms with E-state index >= 15 is 0 Å². The van der Waals surface area contributed by atoms with Crippen LogP contribution in [0, 0.1) is 0 Å². The lowest BCUT2D eigenvalue weighted by molar-refractivity contribution is 0.568. The first-order valence-corrected chi connectivity index (χ1v) is 6.25. The maximum Gasteiger partial charge on any atom is 0.165 e. The van der Waals surface area contributed by atoms with Crippen molar-refractivity contribution in [2.75, 3.05) is 5.43 Å². The van der Waals surface area contributed by atoms with E-state index < -0.39 is 0 Å². The molecule has 0 bridgehead atoms. The van der Waals surface area contributed by atoms with E-state index in [1.54, 1.807) is 12.5 Å². The average molecular weight is 244 g/mol. The number of nitrogens with one attached hydrogen (secondary N) is 1. The van der Waals surface area contributed by atoms with Crippen molar-refractivity contribution >= 4 is 5.82 Å². The second-order valence-electron chi connectivity index (χ2n) is 4.64. The topological polar surface area (TPSA) is 77.0 Å². The van der Waals surface area contributed by atoms with Crippen molar-refractivity contribution < 1.29 is 4.42 Å². The van der Waals surface area contributed by atoms with Crippen molar-refractivity contribution in [3.63, 3.8) is 0 Å². The molecule has 3 N–H and O–H groups in total. The molecule has 5 nitrogen and oxygen atoms in total. The van der Waals surface area contributed by atoms with Gasteiger partial charge < -0.3 is 9.84 Å². The van der Waals surface area contributed by atoms with E-state index in [0.29, 0.717) is 17.6 Å². The second kappa shape index (κ2) is 4.78. The van der Waals surface area contributed by atoms with E-state index in [2.05, 4.69) is 15.4 Å². The first-order valence-electron chi connectivity index (χ1n) is 6.25. The molecule has 2 aromatic heterocycles. The summed E-state index contributed by atoms with van der Waals surface area (Å²) in [5.74, 6) is 7.33. The molecule has 0 aromatic carbocycles. The zero-order valence-electron chi connectivity index (χ0n) is 10.1. The van der Waals surface area contributed by atoms with E-state index in [-0.39, 0.29) is 0 Å². The Morgan fingerprint density at radius 2 is 2.11 bits per heavy atom. The van der Waals surface area contributed by atoms with Gasteiger partial charge in [0, 0.05) is 17.7 Å². The number of aromatic nitrogens is 2. The molecular weight excluding hydrogens is 228 g/mol. The summed E-state index contributed by atoms with van der Waals surface area (Å²) in [4.78, 5) is 9.00. The number of hydrogen-bond acceptors (Lipinski definition) is 5. The van der Waals surface area contributed by atoms with Gasteiger partial charge in [-0.3, -0.25) is 0 Å². The third-order valence-corrected chi connectivity index (χ3v) is 3.45. The molecular formula is C13H16N4O. The van der Waals surface area contributed by atoms with Gasteiger partial charge in [0.1, 0.15) is 12.1 Å². The second-order valence-corrected chi connectivity index (χ2v) is 4.64. The minimum atomic E-state index is 0.533. The molecule has 0 saturated heterocycles. The van der Waals surface area contributed by atoms with Crippen LogP contribution in [0.4, 0.5) is 5.82 Å². The van der Waals surface area contributed by atoms with Gasteiger partial charge in [0.05, 0.1) is 11.8 Å². The largest absolute Gasteiger partial charge is 0.472 e. The molecule has 0 unspecified atom stereocenters. The summed E-state index contributed by atoms with van der Waals surface area (Å²) >= 11 is 0. The van der Waals surface area contributed by atoms with Crippen molar-refractivity contribution in [2.24, 2.45) is 5.84 Å². The Morgan fingerprint density at radius 3 is 2.78 bits per heavy atom. The fraction of sp³-hybridized carbons (Fsp3) is 0.385. The fourth-order valence-corrected chi connectivity index (χ4v) is 2.49. The number of rotatable bonds is 3. The van der Waals surface area contributed by atoms with Crippen molar-refractivity contribution in [2.45, 2.75) is 31.6 Å². The highest BCUT2D eigenvalue weighted by Gasteiger charge is 2.20. The van der Waals surface area contributed by atoms with E-state index in [0.717, 1.165) is 11.3 Å². The van der Waals surface area contributed by atoms with E-state index in [1.807, 2.05) is 12.1 Å². The van der Waals surface area contributed by atoms with Crippen LogP contribution in [0.2, 0.25) is 0 Å². The third-order valence-electron chi connectivity index (χ3n) is 3.45. The van der Waals surface area contributed by atoms with Crippen molar-refractivity contribution in [1.82, 2.24) is 9.97 Å². The van der Waals surface area contributed by atoms with Crippen LogP contribution in [-0.2, 0) is 0 Å². The predicted molar refractivity (Wildman–Crippen MR) is 68.8 cm³/mol. The summed E-state index contributed by atoms with van der Waals surface area (Å²) in [7, 11) is 0. The third kappa shape index (κ3) is 2.09. The van der Waals surface area contributed by atoms with Gasteiger partial charge in [-0.1, -0.05) is 12.8 Å². The first-order chi connectivity index (χ1) is 8.86. The van der Waals surface area contributed by atoms with E-state index in [9.17, 15) is 0 Å². The average Bonchev–Trinajstić information content (AvgIpc) is 3.10. The minimum absolute atomic E-state index is 0.533. The molecule has 0 spiro atoms. The fourth-order valence-electron chi connectivity index (χ4n) is 2.49. The molecule has 1 aliphatic rings. The van der Waals surface area contributed by atoms with Crippen molar-refractivity contribution in [1.29, 1.82) is 0 Å². The number of nitrogens with zero attached hydrogens (tertiary/aromatic N) is 2. The maximum atomic E-state index is 5.48. The Labute approximate surface area is 105 Å². The van der Waals surface area contributed by atoms with Crippen LogP contribution in [0.5, 0.6) is 0 Å². The number of hydrogen-bond donors (Lipinski definition) is 2. The summed E-state index contributed by atoms with van der Waals surface area (Å²) in [6.45, 7) is 0. The van der Waals surface area contributed by atoms with Gasteiger partial charge in [0.2, 0.25) is 0 Å². The molecule has 2 heterocycles. The normalized spacial score (nSPS) is 16.1. The summed E-state index contributed by atoms with van der Waals surface area (Å²) in [6.07, 6.45) is 8.23. The molecule has 94 valence electrons. The lowest BCUT2D eigenvalue weighted by atomic mass is 10.0. The van der Waals surface area contributed by atoms with Crippen LogP contribution in [0.15, 0.2) is 29.1 Å². The number of nitrogen functional groups attached to an aromatic ring is 1. The molecule has 5 heteroatoms. The molecule has 1 fully saturated rings. The first kappa shape index (κ1) is 11.2. The highest BCUT2D eigenvalue weighted by Crippen LogP contribution is 2.34. The van der Waals surface area contributed by atoms with Gasteiger partial charge in [0.15, 0.2) is 5.82 Å². The summed E-state index contributed by atoms with van der Waals surface area (Å²) in [5, 5.41) is 0. The molecule has 0 atom stereocenters. The Kier molecular flexibility index (Phi) is 2.98. The van der Waals surface area contributed by atoms with Crippen LogP contribution in [0.3, 0.4) is 0 Å². The summed E-state index contributed by atoms with van der Waals surface area (Å²) in [5.41, 5.74) is 4.57.